The van der Waals surface area contributed by atoms with Gasteiger partial charge < -0.3 is 4.90 Å². The zero-order valence-corrected chi connectivity index (χ0v) is 18.7. The van der Waals surface area contributed by atoms with Crippen LogP contribution in [-0.4, -0.2) is 32.0 Å². The normalized spacial score (nSPS) is 23.8. The lowest BCUT2D eigenvalue weighted by Gasteiger charge is -2.30. The van der Waals surface area contributed by atoms with Gasteiger partial charge in [0.25, 0.3) is 0 Å². The van der Waals surface area contributed by atoms with E-state index in [0.29, 0.717) is 11.7 Å². The Morgan fingerprint density at radius 3 is 2.18 bits per heavy atom. The molecule has 0 unspecified atom stereocenters. The molecule has 2 aliphatic rings. The van der Waals surface area contributed by atoms with E-state index in [0.717, 1.165) is 44.7 Å². The largest absolute Gasteiger partial charge is 0.368 e. The lowest BCUT2D eigenvalue weighted by Crippen LogP contribution is -2.34. The van der Waals surface area contributed by atoms with Gasteiger partial charge in [0, 0.05) is 18.8 Å². The average molecular weight is 404 g/mol. The van der Waals surface area contributed by atoms with Crippen molar-refractivity contribution in [2.45, 2.75) is 70.5 Å². The minimum atomic E-state index is -2.99. The Hall–Kier alpha value is -1.29. The quantitative estimate of drug-likeness (QED) is 0.596. The Bertz CT molecular complexity index is 751. The van der Waals surface area contributed by atoms with Gasteiger partial charge in [0.15, 0.2) is 9.84 Å². The lowest BCUT2D eigenvalue weighted by molar-refractivity contribution is 0.278. The Balaban J connectivity index is 1.42. The summed E-state index contributed by atoms with van der Waals surface area (Å²) >= 11 is 0. The van der Waals surface area contributed by atoms with Gasteiger partial charge in [0.1, 0.15) is 0 Å². The fourth-order valence-corrected chi connectivity index (χ4v) is 5.82. The first kappa shape index (κ1) is 21.4. The van der Waals surface area contributed by atoms with Crippen molar-refractivity contribution in [1.29, 1.82) is 0 Å². The molecule has 0 N–H and O–H groups in total. The van der Waals surface area contributed by atoms with Crippen molar-refractivity contribution < 1.29 is 8.42 Å². The second-order valence-corrected chi connectivity index (χ2v) is 12.5. The second kappa shape index (κ2) is 9.02. The minimum Gasteiger partial charge on any atom is -0.368 e. The molecular weight excluding hydrogens is 366 g/mol. The first-order valence-electron chi connectivity index (χ1n) is 11.0. The summed E-state index contributed by atoms with van der Waals surface area (Å²) in [6.45, 7) is 7.60. The highest BCUT2D eigenvalue weighted by Crippen LogP contribution is 2.34. The molecule has 0 amide bonds. The van der Waals surface area contributed by atoms with Gasteiger partial charge in [-0.2, -0.15) is 0 Å². The molecule has 1 aromatic carbocycles. The molecule has 0 radical (unpaired) electrons. The van der Waals surface area contributed by atoms with E-state index in [1.165, 1.54) is 30.5 Å². The SMILES string of the molecule is CC(C)(C)S(=O)(=O)CC1CCC(CCc2ccc(N3CC=CCC3)cc2)CC1. The Morgan fingerprint density at radius 2 is 1.61 bits per heavy atom. The minimum absolute atomic E-state index is 0.360. The molecule has 156 valence electrons. The van der Waals surface area contributed by atoms with Crippen molar-refractivity contribution in [2.75, 3.05) is 23.7 Å². The molecule has 0 spiro atoms. The van der Waals surface area contributed by atoms with E-state index in [1.807, 2.05) is 20.8 Å². The van der Waals surface area contributed by atoms with Crippen molar-refractivity contribution in [3.8, 4) is 0 Å². The third kappa shape index (κ3) is 5.62. The monoisotopic (exact) mass is 403 g/mol. The molecule has 3 rings (SSSR count). The van der Waals surface area contributed by atoms with Crippen molar-refractivity contribution >= 4 is 15.5 Å². The second-order valence-electron chi connectivity index (χ2n) is 9.69. The molecule has 0 bridgehead atoms. The van der Waals surface area contributed by atoms with Crippen LogP contribution >= 0.6 is 0 Å². The van der Waals surface area contributed by atoms with E-state index in [1.54, 1.807) is 0 Å². The van der Waals surface area contributed by atoms with Gasteiger partial charge in [0.05, 0.1) is 10.5 Å². The standard InChI is InChI=1S/C24H37NO2S/c1-24(2,3)28(26,27)19-22-11-9-20(10-12-22)7-8-21-13-15-23(16-14-21)25-17-5-4-6-18-25/h4-5,13-16,20,22H,6-12,17-19H2,1-3H3. The number of sulfone groups is 1. The molecule has 0 saturated heterocycles. The van der Waals surface area contributed by atoms with Gasteiger partial charge >= 0.3 is 0 Å². The Kier molecular flexibility index (Phi) is 6.90. The maximum Gasteiger partial charge on any atom is 0.155 e. The maximum absolute atomic E-state index is 12.4. The van der Waals surface area contributed by atoms with Crippen molar-refractivity contribution in [2.24, 2.45) is 11.8 Å². The zero-order chi connectivity index (χ0) is 20.2. The van der Waals surface area contributed by atoms with E-state index in [9.17, 15) is 8.42 Å². The maximum atomic E-state index is 12.4. The summed E-state index contributed by atoms with van der Waals surface area (Å²) in [5.41, 5.74) is 2.75. The molecular formula is C24H37NO2S. The van der Waals surface area contributed by atoms with E-state index in [2.05, 4.69) is 41.3 Å². The molecule has 0 aromatic heterocycles. The highest BCUT2D eigenvalue weighted by atomic mass is 32.2. The van der Waals surface area contributed by atoms with E-state index in [-0.39, 0.29) is 0 Å². The zero-order valence-electron chi connectivity index (χ0n) is 17.9. The molecule has 1 aliphatic carbocycles. The van der Waals surface area contributed by atoms with Crippen LogP contribution in [0.2, 0.25) is 0 Å². The molecule has 1 heterocycles. The van der Waals surface area contributed by atoms with E-state index in [4.69, 9.17) is 0 Å². The predicted octanol–water partition coefficient (Wildman–Crippen LogP) is 5.41. The van der Waals surface area contributed by atoms with Crippen LogP contribution < -0.4 is 4.90 Å². The smallest absolute Gasteiger partial charge is 0.155 e. The van der Waals surface area contributed by atoms with Crippen LogP contribution in [0.5, 0.6) is 0 Å². The van der Waals surface area contributed by atoms with Crippen LogP contribution in [0.25, 0.3) is 0 Å². The third-order valence-electron chi connectivity index (χ3n) is 6.56. The van der Waals surface area contributed by atoms with Crippen LogP contribution in [-0.2, 0) is 16.3 Å². The summed E-state index contributed by atoms with van der Waals surface area (Å²) in [7, 11) is -2.99. The molecule has 28 heavy (non-hydrogen) atoms. The van der Waals surface area contributed by atoms with Crippen LogP contribution in [0.3, 0.4) is 0 Å². The van der Waals surface area contributed by atoms with E-state index < -0.39 is 14.6 Å². The van der Waals surface area contributed by atoms with Gasteiger partial charge in [0.2, 0.25) is 0 Å². The highest BCUT2D eigenvalue weighted by molar-refractivity contribution is 7.92. The fraction of sp³-hybridized carbons (Fsp3) is 0.667. The summed E-state index contributed by atoms with van der Waals surface area (Å²) in [6.07, 6.45) is 12.5. The highest BCUT2D eigenvalue weighted by Gasteiger charge is 2.33. The van der Waals surface area contributed by atoms with Crippen LogP contribution in [0.4, 0.5) is 5.69 Å². The molecule has 3 nitrogen and oxygen atoms in total. The lowest BCUT2D eigenvalue weighted by atomic mass is 9.80. The number of hydrogen-bond donors (Lipinski definition) is 0. The van der Waals surface area contributed by atoms with Crippen molar-refractivity contribution in [1.82, 2.24) is 0 Å². The number of rotatable bonds is 6. The van der Waals surface area contributed by atoms with Gasteiger partial charge in [-0.3, -0.25) is 0 Å². The van der Waals surface area contributed by atoms with Crippen LogP contribution in [0, 0.1) is 11.8 Å². The molecule has 0 atom stereocenters. The molecule has 1 saturated carbocycles. The fourth-order valence-electron chi connectivity index (χ4n) is 4.37. The summed E-state index contributed by atoms with van der Waals surface area (Å²) in [4.78, 5) is 2.43. The summed E-state index contributed by atoms with van der Waals surface area (Å²) in [5, 5.41) is 0. The van der Waals surface area contributed by atoms with Crippen LogP contribution in [0.1, 0.15) is 64.9 Å². The summed E-state index contributed by atoms with van der Waals surface area (Å²) < 4.78 is 24.3. The summed E-state index contributed by atoms with van der Waals surface area (Å²) in [6, 6.07) is 9.11. The van der Waals surface area contributed by atoms with Gasteiger partial charge in [-0.15, -0.1) is 0 Å². The Morgan fingerprint density at radius 1 is 0.964 bits per heavy atom. The van der Waals surface area contributed by atoms with Gasteiger partial charge in [-0.05, 0) is 82.4 Å². The average Bonchev–Trinajstić information content (AvgIpc) is 2.67. The van der Waals surface area contributed by atoms with E-state index >= 15 is 0 Å². The summed E-state index contributed by atoms with van der Waals surface area (Å²) in [5.74, 6) is 1.48. The first-order chi connectivity index (χ1) is 13.2. The molecule has 4 heteroatoms. The number of anilines is 1. The van der Waals surface area contributed by atoms with Crippen LogP contribution in [0.15, 0.2) is 36.4 Å². The molecule has 1 aromatic rings. The predicted molar refractivity (Wildman–Crippen MR) is 120 cm³/mol. The number of hydrogen-bond acceptors (Lipinski definition) is 3. The third-order valence-corrected chi connectivity index (χ3v) is 9.33. The first-order valence-corrected chi connectivity index (χ1v) is 12.6. The topological polar surface area (TPSA) is 37.4 Å². The Labute approximate surface area is 172 Å². The molecule has 1 aliphatic heterocycles. The number of benzene rings is 1. The van der Waals surface area contributed by atoms with Crippen molar-refractivity contribution in [3.63, 3.8) is 0 Å². The van der Waals surface area contributed by atoms with Gasteiger partial charge in [-0.25, -0.2) is 8.42 Å². The van der Waals surface area contributed by atoms with Crippen molar-refractivity contribution in [3.05, 3.63) is 42.0 Å². The number of nitrogens with zero attached hydrogens (tertiary/aromatic N) is 1. The van der Waals surface area contributed by atoms with Gasteiger partial charge in [-0.1, -0.05) is 37.1 Å². The molecule has 1 fully saturated rings. The number of aryl methyl sites for hydroxylation is 1.